The number of imide groups is 1. The number of carbonyl (C=O) groups excluding carboxylic acids is 2. The van der Waals surface area contributed by atoms with E-state index in [2.05, 4.69) is 10.1 Å². The lowest BCUT2D eigenvalue weighted by molar-refractivity contribution is -0.908. The van der Waals surface area contributed by atoms with Gasteiger partial charge in [0.15, 0.2) is 6.04 Å². The third-order valence-corrected chi connectivity index (χ3v) is 2.97. The SMILES string of the molecule is COC(=O)NC(=O)[C@@H](C)[NH+](C)Cc1ccccc1F. The highest BCUT2D eigenvalue weighted by Crippen LogP contribution is 2.04. The van der Waals surface area contributed by atoms with Crippen molar-refractivity contribution in [3.63, 3.8) is 0 Å². The number of likely N-dealkylation sites (N-methyl/N-ethyl adjacent to an activating group) is 1. The molecule has 1 aromatic rings. The topological polar surface area (TPSA) is 59.8 Å². The Labute approximate surface area is 111 Å². The Balaban J connectivity index is 2.62. The Hall–Kier alpha value is -1.95. The summed E-state index contributed by atoms with van der Waals surface area (Å²) in [7, 11) is 2.94. The van der Waals surface area contributed by atoms with Crippen LogP contribution in [0, 0.1) is 5.82 Å². The number of nitrogens with one attached hydrogen (secondary N) is 2. The van der Waals surface area contributed by atoms with Gasteiger partial charge in [-0.15, -0.1) is 0 Å². The second-order valence-corrected chi connectivity index (χ2v) is 4.32. The fourth-order valence-corrected chi connectivity index (χ4v) is 1.58. The van der Waals surface area contributed by atoms with Crippen LogP contribution in [0.15, 0.2) is 24.3 Å². The van der Waals surface area contributed by atoms with Crippen LogP contribution in [0.4, 0.5) is 9.18 Å². The molecule has 1 rings (SSSR count). The van der Waals surface area contributed by atoms with Crippen molar-refractivity contribution < 1.29 is 23.6 Å². The monoisotopic (exact) mass is 269 g/mol. The van der Waals surface area contributed by atoms with E-state index in [9.17, 15) is 14.0 Å². The summed E-state index contributed by atoms with van der Waals surface area (Å²) in [6, 6.07) is 5.90. The number of halogens is 1. The lowest BCUT2D eigenvalue weighted by Crippen LogP contribution is -3.12. The lowest BCUT2D eigenvalue weighted by Gasteiger charge is -2.20. The summed E-state index contributed by atoms with van der Waals surface area (Å²) in [5.41, 5.74) is 0.526. The van der Waals surface area contributed by atoms with E-state index in [4.69, 9.17) is 0 Å². The molecule has 0 radical (unpaired) electrons. The minimum atomic E-state index is -0.796. The Morgan fingerprint density at radius 2 is 2.05 bits per heavy atom. The summed E-state index contributed by atoms with van der Waals surface area (Å²) in [5.74, 6) is -0.761. The van der Waals surface area contributed by atoms with Crippen LogP contribution in [-0.4, -0.2) is 32.2 Å². The predicted molar refractivity (Wildman–Crippen MR) is 67.0 cm³/mol. The van der Waals surface area contributed by atoms with E-state index in [-0.39, 0.29) is 5.82 Å². The predicted octanol–water partition coefficient (Wildman–Crippen LogP) is 0.112. The molecule has 0 aromatic heterocycles. The van der Waals surface area contributed by atoms with Gasteiger partial charge in [0.2, 0.25) is 0 Å². The Kier molecular flexibility index (Phi) is 5.44. The Bertz CT molecular complexity index is 465. The average molecular weight is 269 g/mol. The molecule has 2 atom stereocenters. The molecule has 0 fully saturated rings. The van der Waals surface area contributed by atoms with Gasteiger partial charge in [0.05, 0.1) is 14.2 Å². The molecule has 2 amide bonds. The van der Waals surface area contributed by atoms with Crippen molar-refractivity contribution in [3.8, 4) is 0 Å². The van der Waals surface area contributed by atoms with E-state index in [1.807, 2.05) is 0 Å². The summed E-state index contributed by atoms with van der Waals surface area (Å²) in [6.07, 6.45) is -0.796. The van der Waals surface area contributed by atoms with Crippen LogP contribution in [0.25, 0.3) is 0 Å². The van der Waals surface area contributed by atoms with Crippen molar-refractivity contribution in [2.75, 3.05) is 14.2 Å². The maximum atomic E-state index is 13.5. The zero-order valence-electron chi connectivity index (χ0n) is 11.2. The van der Waals surface area contributed by atoms with E-state index in [0.717, 1.165) is 4.90 Å². The molecule has 0 aliphatic rings. The normalized spacial score (nSPS) is 13.5. The summed E-state index contributed by atoms with van der Waals surface area (Å²) < 4.78 is 17.8. The number of carbonyl (C=O) groups is 2. The highest BCUT2D eigenvalue weighted by atomic mass is 19.1. The molecule has 5 nitrogen and oxygen atoms in total. The molecule has 6 heteroatoms. The van der Waals surface area contributed by atoms with Crippen LogP contribution < -0.4 is 10.2 Å². The van der Waals surface area contributed by atoms with Gasteiger partial charge in [-0.05, 0) is 13.0 Å². The van der Waals surface area contributed by atoms with Gasteiger partial charge in [-0.1, -0.05) is 18.2 Å². The Morgan fingerprint density at radius 3 is 2.63 bits per heavy atom. The smallest absolute Gasteiger partial charge is 0.413 e. The molecular weight excluding hydrogens is 251 g/mol. The third kappa shape index (κ3) is 4.33. The number of benzene rings is 1. The molecule has 0 bridgehead atoms. The molecule has 0 saturated carbocycles. The van der Waals surface area contributed by atoms with E-state index >= 15 is 0 Å². The molecule has 0 spiro atoms. The molecule has 0 heterocycles. The van der Waals surface area contributed by atoms with Gasteiger partial charge in [-0.2, -0.15) is 0 Å². The maximum absolute atomic E-state index is 13.5. The van der Waals surface area contributed by atoms with Crippen molar-refractivity contribution in [2.45, 2.75) is 19.5 Å². The van der Waals surface area contributed by atoms with Crippen LogP contribution in [0.2, 0.25) is 0 Å². The largest absolute Gasteiger partial charge is 0.453 e. The first-order valence-electron chi connectivity index (χ1n) is 5.90. The standard InChI is InChI=1S/C13H17FN2O3/c1-9(12(17)15-13(18)19-3)16(2)8-10-6-4-5-7-11(10)14/h4-7,9H,8H2,1-3H3,(H,15,17,18)/p+1/t9-/m1/s1. The number of amides is 2. The molecule has 0 aliphatic carbocycles. The first kappa shape index (κ1) is 15.1. The summed E-state index contributed by atoms with van der Waals surface area (Å²) in [5, 5.41) is 2.10. The third-order valence-electron chi connectivity index (χ3n) is 2.97. The second kappa shape index (κ2) is 6.84. The zero-order chi connectivity index (χ0) is 14.4. The molecule has 2 N–H and O–H groups in total. The highest BCUT2D eigenvalue weighted by Gasteiger charge is 2.24. The van der Waals surface area contributed by atoms with Gasteiger partial charge in [0, 0.05) is 5.56 Å². The van der Waals surface area contributed by atoms with E-state index in [1.165, 1.54) is 13.2 Å². The van der Waals surface area contributed by atoms with Gasteiger partial charge in [-0.3, -0.25) is 10.1 Å². The number of rotatable bonds is 4. The number of quaternary nitrogens is 1. The van der Waals surface area contributed by atoms with Crippen molar-refractivity contribution >= 4 is 12.0 Å². The van der Waals surface area contributed by atoms with Crippen LogP contribution in [-0.2, 0) is 16.1 Å². The number of methoxy groups -OCH3 is 1. The van der Waals surface area contributed by atoms with E-state index in [1.54, 1.807) is 32.2 Å². The van der Waals surface area contributed by atoms with Crippen molar-refractivity contribution in [2.24, 2.45) is 0 Å². The fourth-order valence-electron chi connectivity index (χ4n) is 1.58. The van der Waals surface area contributed by atoms with Gasteiger partial charge in [0.1, 0.15) is 12.4 Å². The number of hydrogen-bond donors (Lipinski definition) is 2. The quantitative estimate of drug-likeness (QED) is 0.815. The minimum Gasteiger partial charge on any atom is -0.453 e. The first-order chi connectivity index (χ1) is 8.95. The Morgan fingerprint density at radius 1 is 1.42 bits per heavy atom. The zero-order valence-corrected chi connectivity index (χ0v) is 11.2. The lowest BCUT2D eigenvalue weighted by atomic mass is 10.1. The van der Waals surface area contributed by atoms with E-state index < -0.39 is 18.0 Å². The van der Waals surface area contributed by atoms with Crippen molar-refractivity contribution in [1.29, 1.82) is 0 Å². The average Bonchev–Trinajstić information content (AvgIpc) is 2.40. The van der Waals surface area contributed by atoms with E-state index in [0.29, 0.717) is 12.1 Å². The van der Waals surface area contributed by atoms with Crippen molar-refractivity contribution in [1.82, 2.24) is 5.32 Å². The summed E-state index contributed by atoms with van der Waals surface area (Å²) in [4.78, 5) is 23.4. The van der Waals surface area contributed by atoms with Gasteiger partial charge >= 0.3 is 6.09 Å². The van der Waals surface area contributed by atoms with Gasteiger partial charge in [-0.25, -0.2) is 9.18 Å². The fraction of sp³-hybridized carbons (Fsp3) is 0.385. The molecule has 1 unspecified atom stereocenters. The maximum Gasteiger partial charge on any atom is 0.413 e. The van der Waals surface area contributed by atoms with Gasteiger partial charge in [0.25, 0.3) is 5.91 Å². The number of hydrogen-bond acceptors (Lipinski definition) is 3. The van der Waals surface area contributed by atoms with Crippen LogP contribution in [0.3, 0.4) is 0 Å². The molecule has 104 valence electrons. The molecular formula is C13H18FN2O3+. The van der Waals surface area contributed by atoms with Crippen LogP contribution >= 0.6 is 0 Å². The molecule has 0 aliphatic heterocycles. The molecule has 1 aromatic carbocycles. The van der Waals surface area contributed by atoms with Crippen LogP contribution in [0.1, 0.15) is 12.5 Å². The number of alkyl carbamates (subject to hydrolysis) is 1. The van der Waals surface area contributed by atoms with Gasteiger partial charge < -0.3 is 9.64 Å². The second-order valence-electron chi connectivity index (χ2n) is 4.32. The number of ether oxygens (including phenoxy) is 1. The highest BCUT2D eigenvalue weighted by molar-refractivity contribution is 5.93. The summed E-state index contributed by atoms with van der Waals surface area (Å²) >= 11 is 0. The minimum absolute atomic E-state index is 0.303. The molecule has 19 heavy (non-hydrogen) atoms. The van der Waals surface area contributed by atoms with Crippen molar-refractivity contribution in [3.05, 3.63) is 35.6 Å². The van der Waals surface area contributed by atoms with Crippen LogP contribution in [0.5, 0.6) is 0 Å². The first-order valence-corrected chi connectivity index (χ1v) is 5.90. The summed E-state index contributed by atoms with van der Waals surface area (Å²) in [6.45, 7) is 2.01. The molecule has 0 saturated heterocycles.